The SMILES string of the molecule is Cn1nc(-c2ccc(C(F)F)cc2O)cc1N. The van der Waals surface area contributed by atoms with Crippen LogP contribution in [0.25, 0.3) is 11.3 Å². The summed E-state index contributed by atoms with van der Waals surface area (Å²) in [4.78, 5) is 0. The van der Waals surface area contributed by atoms with Crippen LogP contribution >= 0.6 is 0 Å². The fourth-order valence-electron chi connectivity index (χ4n) is 1.51. The van der Waals surface area contributed by atoms with Gasteiger partial charge >= 0.3 is 0 Å². The van der Waals surface area contributed by atoms with E-state index in [2.05, 4.69) is 5.10 Å². The number of hydrogen-bond donors (Lipinski definition) is 2. The first-order valence-electron chi connectivity index (χ1n) is 4.90. The van der Waals surface area contributed by atoms with E-state index in [-0.39, 0.29) is 11.3 Å². The van der Waals surface area contributed by atoms with Crippen molar-refractivity contribution < 1.29 is 13.9 Å². The molecule has 0 radical (unpaired) electrons. The Morgan fingerprint density at radius 3 is 2.53 bits per heavy atom. The number of halogens is 2. The zero-order chi connectivity index (χ0) is 12.6. The summed E-state index contributed by atoms with van der Waals surface area (Å²) in [6, 6.07) is 5.26. The lowest BCUT2D eigenvalue weighted by Gasteiger charge is -2.04. The first-order chi connectivity index (χ1) is 7.99. The van der Waals surface area contributed by atoms with Crippen LogP contribution < -0.4 is 5.73 Å². The smallest absolute Gasteiger partial charge is 0.263 e. The van der Waals surface area contributed by atoms with Crippen molar-refractivity contribution in [2.45, 2.75) is 6.43 Å². The fourth-order valence-corrected chi connectivity index (χ4v) is 1.51. The quantitative estimate of drug-likeness (QED) is 0.845. The molecule has 1 aromatic carbocycles. The zero-order valence-corrected chi connectivity index (χ0v) is 9.06. The third-order valence-electron chi connectivity index (χ3n) is 2.47. The van der Waals surface area contributed by atoms with E-state index < -0.39 is 6.43 Å². The summed E-state index contributed by atoms with van der Waals surface area (Å²) in [5.41, 5.74) is 6.20. The summed E-state index contributed by atoms with van der Waals surface area (Å²) in [6.07, 6.45) is -2.61. The first-order valence-corrected chi connectivity index (χ1v) is 4.90. The number of nitrogen functional groups attached to an aromatic ring is 1. The number of anilines is 1. The van der Waals surface area contributed by atoms with Gasteiger partial charge in [0.25, 0.3) is 6.43 Å². The molecule has 0 aliphatic heterocycles. The molecule has 0 fully saturated rings. The van der Waals surface area contributed by atoms with Gasteiger partial charge in [-0.15, -0.1) is 0 Å². The lowest BCUT2D eigenvalue weighted by Crippen LogP contribution is -1.96. The van der Waals surface area contributed by atoms with Crippen LogP contribution in [0.5, 0.6) is 5.75 Å². The van der Waals surface area contributed by atoms with Gasteiger partial charge in [0, 0.05) is 24.2 Å². The van der Waals surface area contributed by atoms with Crippen molar-refractivity contribution >= 4 is 5.82 Å². The number of benzene rings is 1. The molecule has 17 heavy (non-hydrogen) atoms. The first kappa shape index (κ1) is 11.4. The highest BCUT2D eigenvalue weighted by molar-refractivity contribution is 5.69. The average Bonchev–Trinajstić information content (AvgIpc) is 2.58. The van der Waals surface area contributed by atoms with Gasteiger partial charge in [0.2, 0.25) is 0 Å². The molecule has 2 aromatic rings. The van der Waals surface area contributed by atoms with Gasteiger partial charge < -0.3 is 10.8 Å². The van der Waals surface area contributed by atoms with Crippen molar-refractivity contribution in [3.8, 4) is 17.0 Å². The van der Waals surface area contributed by atoms with Crippen molar-refractivity contribution in [1.82, 2.24) is 9.78 Å². The number of phenols is 1. The van der Waals surface area contributed by atoms with Crippen LogP contribution in [0.1, 0.15) is 12.0 Å². The minimum Gasteiger partial charge on any atom is -0.507 e. The summed E-state index contributed by atoms with van der Waals surface area (Å²) in [7, 11) is 1.66. The number of hydrogen-bond acceptors (Lipinski definition) is 3. The van der Waals surface area contributed by atoms with Crippen LogP contribution in [0, 0.1) is 0 Å². The van der Waals surface area contributed by atoms with E-state index >= 15 is 0 Å². The molecule has 90 valence electrons. The maximum Gasteiger partial charge on any atom is 0.263 e. The Morgan fingerprint density at radius 1 is 1.35 bits per heavy atom. The van der Waals surface area contributed by atoms with Crippen LogP contribution in [-0.2, 0) is 7.05 Å². The minimum atomic E-state index is -2.61. The van der Waals surface area contributed by atoms with Crippen molar-refractivity contribution in [3.63, 3.8) is 0 Å². The van der Waals surface area contributed by atoms with Crippen LogP contribution in [0.2, 0.25) is 0 Å². The lowest BCUT2D eigenvalue weighted by atomic mass is 10.1. The van der Waals surface area contributed by atoms with Crippen LogP contribution in [0.3, 0.4) is 0 Å². The summed E-state index contributed by atoms with van der Waals surface area (Å²) in [5.74, 6) is 0.193. The summed E-state index contributed by atoms with van der Waals surface area (Å²) >= 11 is 0. The van der Waals surface area contributed by atoms with Crippen LogP contribution in [0.4, 0.5) is 14.6 Å². The Balaban J connectivity index is 2.46. The molecule has 0 amide bonds. The molecule has 0 aliphatic rings. The van der Waals surface area contributed by atoms with Crippen LogP contribution in [0.15, 0.2) is 24.3 Å². The van der Waals surface area contributed by atoms with Crippen molar-refractivity contribution in [1.29, 1.82) is 0 Å². The highest BCUT2D eigenvalue weighted by Gasteiger charge is 2.13. The second-order valence-electron chi connectivity index (χ2n) is 3.66. The second-order valence-corrected chi connectivity index (χ2v) is 3.66. The van der Waals surface area contributed by atoms with E-state index in [4.69, 9.17) is 5.73 Å². The zero-order valence-electron chi connectivity index (χ0n) is 9.06. The van der Waals surface area contributed by atoms with Crippen LogP contribution in [-0.4, -0.2) is 14.9 Å². The third kappa shape index (κ3) is 2.06. The summed E-state index contributed by atoms with van der Waals surface area (Å²) in [5, 5.41) is 13.7. The topological polar surface area (TPSA) is 64.1 Å². The van der Waals surface area contributed by atoms with E-state index in [0.29, 0.717) is 17.1 Å². The Hall–Kier alpha value is -2.11. The molecule has 0 saturated heterocycles. The molecule has 2 rings (SSSR count). The highest BCUT2D eigenvalue weighted by Crippen LogP contribution is 2.32. The van der Waals surface area contributed by atoms with Crippen molar-refractivity contribution in [3.05, 3.63) is 29.8 Å². The normalized spacial score (nSPS) is 11.1. The van der Waals surface area contributed by atoms with Crippen molar-refractivity contribution in [2.24, 2.45) is 7.05 Å². The molecule has 0 unspecified atom stereocenters. The highest BCUT2D eigenvalue weighted by atomic mass is 19.3. The molecular weight excluding hydrogens is 228 g/mol. The molecule has 3 N–H and O–H groups in total. The molecule has 0 saturated carbocycles. The third-order valence-corrected chi connectivity index (χ3v) is 2.47. The second kappa shape index (κ2) is 4.04. The number of nitrogens with zero attached hydrogens (tertiary/aromatic N) is 2. The summed E-state index contributed by atoms with van der Waals surface area (Å²) < 4.78 is 26.2. The number of rotatable bonds is 2. The molecule has 1 aromatic heterocycles. The fraction of sp³-hybridized carbons (Fsp3) is 0.182. The predicted octanol–water partition coefficient (Wildman–Crippen LogP) is 2.31. The van der Waals surface area contributed by atoms with E-state index in [1.807, 2.05) is 0 Å². The minimum absolute atomic E-state index is 0.227. The summed E-state index contributed by atoms with van der Waals surface area (Å²) in [6.45, 7) is 0. The monoisotopic (exact) mass is 239 g/mol. The van der Waals surface area contributed by atoms with E-state index in [1.54, 1.807) is 13.1 Å². The van der Waals surface area contributed by atoms with E-state index in [9.17, 15) is 13.9 Å². The van der Waals surface area contributed by atoms with Gasteiger partial charge in [0.15, 0.2) is 0 Å². The number of aromatic nitrogens is 2. The molecular formula is C11H11F2N3O. The number of phenolic OH excluding ortho intramolecular Hbond substituents is 1. The molecule has 4 nitrogen and oxygen atoms in total. The maximum absolute atomic E-state index is 12.4. The Morgan fingerprint density at radius 2 is 2.06 bits per heavy atom. The number of aromatic hydroxyl groups is 1. The Kier molecular flexibility index (Phi) is 2.71. The standard InChI is InChI=1S/C11H11F2N3O/c1-16-10(14)5-8(15-16)7-3-2-6(11(12)13)4-9(7)17/h2-5,11,17H,14H2,1H3. The van der Waals surface area contributed by atoms with E-state index in [0.717, 1.165) is 6.07 Å². The lowest BCUT2D eigenvalue weighted by molar-refractivity contribution is 0.151. The van der Waals surface area contributed by atoms with Gasteiger partial charge in [-0.1, -0.05) is 6.07 Å². The molecule has 1 heterocycles. The molecule has 6 heteroatoms. The van der Waals surface area contributed by atoms with Gasteiger partial charge in [-0.05, 0) is 12.1 Å². The van der Waals surface area contributed by atoms with Gasteiger partial charge in [-0.2, -0.15) is 5.10 Å². The Labute approximate surface area is 96.3 Å². The predicted molar refractivity (Wildman–Crippen MR) is 59.7 cm³/mol. The Bertz CT molecular complexity index is 532. The molecule has 0 spiro atoms. The van der Waals surface area contributed by atoms with Crippen molar-refractivity contribution in [2.75, 3.05) is 5.73 Å². The average molecular weight is 239 g/mol. The maximum atomic E-state index is 12.4. The van der Waals surface area contributed by atoms with E-state index in [1.165, 1.54) is 16.8 Å². The number of alkyl halides is 2. The number of nitrogens with two attached hydrogens (primary N) is 1. The largest absolute Gasteiger partial charge is 0.507 e. The van der Waals surface area contributed by atoms with Gasteiger partial charge in [0.05, 0.1) is 5.69 Å². The molecule has 0 bridgehead atoms. The molecule has 0 atom stereocenters. The molecule has 0 aliphatic carbocycles. The van der Waals surface area contributed by atoms with Gasteiger partial charge in [-0.25, -0.2) is 8.78 Å². The van der Waals surface area contributed by atoms with Gasteiger partial charge in [0.1, 0.15) is 11.6 Å². The van der Waals surface area contributed by atoms with Gasteiger partial charge in [-0.3, -0.25) is 4.68 Å². The number of aryl methyl sites for hydroxylation is 1.